The number of cyclic esters (lactones) is 2. The van der Waals surface area contributed by atoms with Gasteiger partial charge in [0.2, 0.25) is 0 Å². The van der Waals surface area contributed by atoms with Crippen molar-refractivity contribution in [1.82, 2.24) is 0 Å². The molecule has 5 nitrogen and oxygen atoms in total. The highest BCUT2D eigenvalue weighted by Crippen LogP contribution is 2.30. The van der Waals surface area contributed by atoms with Crippen LogP contribution in [0.2, 0.25) is 0 Å². The molecule has 0 bridgehead atoms. The van der Waals surface area contributed by atoms with Crippen LogP contribution in [0.25, 0.3) is 0 Å². The predicted octanol–water partition coefficient (Wildman–Crippen LogP) is 1.03. The van der Waals surface area contributed by atoms with Gasteiger partial charge in [-0.3, -0.25) is 9.59 Å². The highest BCUT2D eigenvalue weighted by atomic mass is 16.6. The van der Waals surface area contributed by atoms with Crippen molar-refractivity contribution in [2.45, 2.75) is 12.3 Å². The van der Waals surface area contributed by atoms with Gasteiger partial charge >= 0.3 is 17.9 Å². The smallest absolute Gasteiger partial charge is 0.338 e. The quantitative estimate of drug-likeness (QED) is 0.564. The molecule has 0 radical (unpaired) electrons. The molecule has 0 amide bonds. The molecule has 0 N–H and O–H groups in total. The second-order valence-corrected chi connectivity index (χ2v) is 3.63. The maximum Gasteiger partial charge on any atom is 0.338 e. The summed E-state index contributed by atoms with van der Waals surface area (Å²) in [5.74, 6) is -2.43. The summed E-state index contributed by atoms with van der Waals surface area (Å²) >= 11 is 0. The summed E-state index contributed by atoms with van der Waals surface area (Å²) in [6, 6.07) is 6.53. The van der Waals surface area contributed by atoms with E-state index in [0.717, 1.165) is 0 Å². The number of benzene rings is 1. The van der Waals surface area contributed by atoms with Gasteiger partial charge in [-0.2, -0.15) is 0 Å². The Labute approximate surface area is 97.3 Å². The highest BCUT2D eigenvalue weighted by Gasteiger charge is 2.36. The molecule has 0 spiro atoms. The number of rotatable bonds is 2. The Balaban J connectivity index is 2.42. The van der Waals surface area contributed by atoms with Crippen LogP contribution in [0.4, 0.5) is 0 Å². The molecule has 1 fully saturated rings. The van der Waals surface area contributed by atoms with Crippen LogP contribution >= 0.6 is 0 Å². The lowest BCUT2D eigenvalue weighted by atomic mass is 9.93. The second kappa shape index (κ2) is 4.37. The van der Waals surface area contributed by atoms with E-state index in [1.807, 2.05) is 0 Å². The molecule has 0 aliphatic carbocycles. The van der Waals surface area contributed by atoms with Crippen molar-refractivity contribution in [2.75, 3.05) is 7.11 Å². The summed E-state index contributed by atoms with van der Waals surface area (Å²) in [7, 11) is 1.26. The van der Waals surface area contributed by atoms with E-state index < -0.39 is 23.8 Å². The minimum absolute atomic E-state index is 0.0349. The van der Waals surface area contributed by atoms with E-state index in [9.17, 15) is 14.4 Å². The van der Waals surface area contributed by atoms with Crippen LogP contribution in [0.1, 0.15) is 28.3 Å². The molecule has 1 saturated heterocycles. The lowest BCUT2D eigenvalue weighted by Crippen LogP contribution is -2.12. The van der Waals surface area contributed by atoms with Crippen molar-refractivity contribution in [1.29, 1.82) is 0 Å². The zero-order chi connectivity index (χ0) is 12.4. The Morgan fingerprint density at radius 2 is 2.06 bits per heavy atom. The number of hydrogen-bond acceptors (Lipinski definition) is 5. The van der Waals surface area contributed by atoms with Gasteiger partial charge in [0.25, 0.3) is 0 Å². The summed E-state index contributed by atoms with van der Waals surface area (Å²) in [6.07, 6.45) is -0.0349. The summed E-state index contributed by atoms with van der Waals surface area (Å²) in [6.45, 7) is 0. The van der Waals surface area contributed by atoms with Crippen molar-refractivity contribution in [2.24, 2.45) is 0 Å². The molecule has 1 aliphatic heterocycles. The third-order valence-corrected chi connectivity index (χ3v) is 2.61. The van der Waals surface area contributed by atoms with Gasteiger partial charge in [0, 0.05) is 0 Å². The van der Waals surface area contributed by atoms with Gasteiger partial charge in [-0.25, -0.2) is 4.79 Å². The molecule has 17 heavy (non-hydrogen) atoms. The first-order valence-electron chi connectivity index (χ1n) is 5.05. The third-order valence-electron chi connectivity index (χ3n) is 2.61. The maximum atomic E-state index is 11.5. The van der Waals surface area contributed by atoms with E-state index in [4.69, 9.17) is 0 Å². The molecular formula is C12H10O5. The number of methoxy groups -OCH3 is 1. The highest BCUT2D eigenvalue weighted by molar-refractivity contribution is 6.00. The van der Waals surface area contributed by atoms with E-state index in [-0.39, 0.29) is 12.0 Å². The van der Waals surface area contributed by atoms with Gasteiger partial charge < -0.3 is 9.47 Å². The second-order valence-electron chi connectivity index (χ2n) is 3.63. The number of carbonyl (C=O) groups is 3. The van der Waals surface area contributed by atoms with Crippen LogP contribution in [0, 0.1) is 0 Å². The van der Waals surface area contributed by atoms with Crippen LogP contribution < -0.4 is 0 Å². The maximum absolute atomic E-state index is 11.5. The predicted molar refractivity (Wildman–Crippen MR) is 56.2 cm³/mol. The molecule has 1 heterocycles. The lowest BCUT2D eigenvalue weighted by Gasteiger charge is -2.09. The third kappa shape index (κ3) is 2.04. The topological polar surface area (TPSA) is 69.7 Å². The number of carbonyl (C=O) groups excluding carboxylic acids is 3. The zero-order valence-corrected chi connectivity index (χ0v) is 9.14. The van der Waals surface area contributed by atoms with Gasteiger partial charge in [-0.1, -0.05) is 18.2 Å². The summed E-state index contributed by atoms with van der Waals surface area (Å²) < 4.78 is 9.09. The summed E-state index contributed by atoms with van der Waals surface area (Å²) in [4.78, 5) is 34.0. The van der Waals surface area contributed by atoms with Crippen LogP contribution in [0.5, 0.6) is 0 Å². The van der Waals surface area contributed by atoms with Crippen molar-refractivity contribution >= 4 is 17.9 Å². The summed E-state index contributed by atoms with van der Waals surface area (Å²) in [5, 5.41) is 0. The fraction of sp³-hybridized carbons (Fsp3) is 0.250. The van der Waals surface area contributed by atoms with Crippen molar-refractivity contribution in [3.05, 3.63) is 35.4 Å². The average Bonchev–Trinajstić information content (AvgIpc) is 2.67. The molecular weight excluding hydrogens is 224 g/mol. The molecule has 5 heteroatoms. The van der Waals surface area contributed by atoms with E-state index in [0.29, 0.717) is 5.56 Å². The SMILES string of the molecule is COC(=O)c1ccccc1C1CC(=O)OC1=O. The molecule has 1 aromatic rings. The first-order chi connectivity index (χ1) is 8.13. The Bertz CT molecular complexity index is 491. The van der Waals surface area contributed by atoms with Gasteiger partial charge in [0.15, 0.2) is 0 Å². The Kier molecular flexibility index (Phi) is 2.91. The number of hydrogen-bond donors (Lipinski definition) is 0. The van der Waals surface area contributed by atoms with E-state index in [1.54, 1.807) is 24.3 Å². The molecule has 0 aromatic heterocycles. The average molecular weight is 234 g/mol. The first kappa shape index (κ1) is 11.3. The van der Waals surface area contributed by atoms with Crippen LogP contribution in [-0.2, 0) is 19.1 Å². The summed E-state index contributed by atoms with van der Waals surface area (Å²) in [5.41, 5.74) is 0.752. The normalized spacial score (nSPS) is 19.0. The van der Waals surface area contributed by atoms with E-state index in [2.05, 4.69) is 9.47 Å². The lowest BCUT2D eigenvalue weighted by molar-refractivity contribution is -0.152. The molecule has 0 saturated carbocycles. The fourth-order valence-corrected chi connectivity index (χ4v) is 1.81. The first-order valence-corrected chi connectivity index (χ1v) is 5.05. The molecule has 1 aliphatic rings. The van der Waals surface area contributed by atoms with Gasteiger partial charge in [0.05, 0.1) is 25.0 Å². The molecule has 1 aromatic carbocycles. The van der Waals surface area contributed by atoms with Crippen molar-refractivity contribution in [3.8, 4) is 0 Å². The fourth-order valence-electron chi connectivity index (χ4n) is 1.81. The van der Waals surface area contributed by atoms with Gasteiger partial charge in [-0.05, 0) is 11.6 Å². The van der Waals surface area contributed by atoms with E-state index >= 15 is 0 Å². The van der Waals surface area contributed by atoms with E-state index in [1.165, 1.54) is 7.11 Å². The number of ether oxygens (including phenoxy) is 2. The molecule has 1 atom stereocenters. The zero-order valence-electron chi connectivity index (χ0n) is 9.14. The number of esters is 3. The standard InChI is InChI=1S/C12H10O5/c1-16-11(14)8-5-3-2-4-7(8)9-6-10(13)17-12(9)15/h2-5,9H,6H2,1H3. The largest absolute Gasteiger partial charge is 0.465 e. The molecule has 88 valence electrons. The monoisotopic (exact) mass is 234 g/mol. The Morgan fingerprint density at radius 1 is 1.35 bits per heavy atom. The van der Waals surface area contributed by atoms with Crippen LogP contribution in [0.3, 0.4) is 0 Å². The van der Waals surface area contributed by atoms with Crippen molar-refractivity contribution in [3.63, 3.8) is 0 Å². The molecule has 2 rings (SSSR count). The van der Waals surface area contributed by atoms with Crippen LogP contribution in [0.15, 0.2) is 24.3 Å². The van der Waals surface area contributed by atoms with Gasteiger partial charge in [-0.15, -0.1) is 0 Å². The Morgan fingerprint density at radius 3 is 2.65 bits per heavy atom. The minimum Gasteiger partial charge on any atom is -0.465 e. The minimum atomic E-state index is -0.710. The van der Waals surface area contributed by atoms with Crippen molar-refractivity contribution < 1.29 is 23.9 Å². The Hall–Kier alpha value is -2.17. The molecule has 1 unspecified atom stereocenters. The van der Waals surface area contributed by atoms with Crippen LogP contribution in [-0.4, -0.2) is 25.0 Å². The van der Waals surface area contributed by atoms with Gasteiger partial charge in [0.1, 0.15) is 0 Å².